The number of fused-ring (bicyclic) bond motifs is 1. The molecule has 2 aromatic carbocycles. The molecule has 0 saturated heterocycles. The summed E-state index contributed by atoms with van der Waals surface area (Å²) >= 11 is 0. The first kappa shape index (κ1) is 22.0. The van der Waals surface area contributed by atoms with E-state index in [9.17, 15) is 9.90 Å². The van der Waals surface area contributed by atoms with Crippen molar-refractivity contribution in [1.29, 1.82) is 0 Å². The zero-order valence-electron chi connectivity index (χ0n) is 17.8. The van der Waals surface area contributed by atoms with Gasteiger partial charge in [0.25, 0.3) is 0 Å². The molecule has 6 heteroatoms. The minimum Gasteiger partial charge on any atom is -0.392 e. The Morgan fingerprint density at radius 3 is 2.73 bits per heavy atom. The molecule has 0 spiro atoms. The second-order valence-electron chi connectivity index (χ2n) is 7.86. The van der Waals surface area contributed by atoms with Gasteiger partial charge in [-0.05, 0) is 55.0 Å². The number of amides is 1. The molecule has 0 unspecified atom stereocenters. The Balaban J connectivity index is 1.46. The van der Waals surface area contributed by atoms with Gasteiger partial charge in [-0.3, -0.25) is 4.79 Å². The number of carbonyl (C=O) groups is 1. The van der Waals surface area contributed by atoms with Crippen LogP contribution in [0, 0.1) is 0 Å². The molecule has 0 bridgehead atoms. The summed E-state index contributed by atoms with van der Waals surface area (Å²) in [5.41, 5.74) is 9.19. The predicted molar refractivity (Wildman–Crippen MR) is 119 cm³/mol. The van der Waals surface area contributed by atoms with Crippen LogP contribution in [0.15, 0.2) is 53.5 Å². The Morgan fingerprint density at radius 1 is 1.23 bits per heavy atom. The van der Waals surface area contributed by atoms with Crippen molar-refractivity contribution in [3.63, 3.8) is 0 Å². The highest BCUT2D eigenvalue weighted by atomic mass is 16.5. The largest absolute Gasteiger partial charge is 0.392 e. The van der Waals surface area contributed by atoms with Crippen molar-refractivity contribution in [2.75, 3.05) is 20.2 Å². The first-order valence-corrected chi connectivity index (χ1v) is 10.4. The maximum Gasteiger partial charge on any atom is 0.227 e. The Kier molecular flexibility index (Phi) is 7.60. The average molecular weight is 410 g/mol. The van der Waals surface area contributed by atoms with Gasteiger partial charge < -0.3 is 20.5 Å². The Hall–Kier alpha value is -2.70. The molecule has 30 heavy (non-hydrogen) atoms. The van der Waals surface area contributed by atoms with Gasteiger partial charge in [-0.1, -0.05) is 36.4 Å². The summed E-state index contributed by atoms with van der Waals surface area (Å²) in [7, 11) is 2.02. The number of hydrogen-bond acceptors (Lipinski definition) is 4. The van der Waals surface area contributed by atoms with Gasteiger partial charge in [0, 0.05) is 20.2 Å². The number of benzene rings is 2. The van der Waals surface area contributed by atoms with Crippen LogP contribution in [0.4, 0.5) is 5.69 Å². The number of hydrogen-bond donors (Lipinski definition) is 2. The normalized spacial score (nSPS) is 18.3. The second-order valence-corrected chi connectivity index (χ2v) is 7.86. The average Bonchev–Trinajstić information content (AvgIpc) is 3.06. The fourth-order valence-corrected chi connectivity index (χ4v) is 3.77. The Bertz CT molecular complexity index is 883. The zero-order valence-corrected chi connectivity index (χ0v) is 17.8. The monoisotopic (exact) mass is 409 g/mol. The van der Waals surface area contributed by atoms with Crippen molar-refractivity contribution in [3.8, 4) is 0 Å². The van der Waals surface area contributed by atoms with Crippen molar-refractivity contribution in [2.24, 2.45) is 10.7 Å². The molecule has 1 amide bonds. The molecule has 3 N–H and O–H groups in total. The number of primary amides is 1. The lowest BCUT2D eigenvalue weighted by Gasteiger charge is -2.19. The van der Waals surface area contributed by atoms with E-state index in [2.05, 4.69) is 22.0 Å². The van der Waals surface area contributed by atoms with Crippen LogP contribution in [0.2, 0.25) is 0 Å². The molecule has 1 aliphatic rings. The second kappa shape index (κ2) is 10.4. The summed E-state index contributed by atoms with van der Waals surface area (Å²) in [6, 6.07) is 15.9. The summed E-state index contributed by atoms with van der Waals surface area (Å²) in [5, 5.41) is 10.1. The van der Waals surface area contributed by atoms with Crippen molar-refractivity contribution in [2.45, 2.75) is 44.8 Å². The van der Waals surface area contributed by atoms with Gasteiger partial charge in [0.05, 0.1) is 24.3 Å². The van der Waals surface area contributed by atoms with Crippen molar-refractivity contribution < 1.29 is 14.6 Å². The van der Waals surface area contributed by atoms with Crippen LogP contribution in [-0.2, 0) is 22.6 Å². The maximum absolute atomic E-state index is 11.7. The van der Waals surface area contributed by atoms with Gasteiger partial charge >= 0.3 is 0 Å². The molecule has 0 radical (unpaired) electrons. The van der Waals surface area contributed by atoms with E-state index in [0.717, 1.165) is 48.6 Å². The third-order valence-corrected chi connectivity index (χ3v) is 5.57. The SMILES string of the molecule is CC(=Nc1ccc2c(c1)[C@@H](C(N)=O)[C@H](O)C2)N(C)CCCCOCc1ccccc1. The quantitative estimate of drug-likeness (QED) is 0.378. The number of ether oxygens (including phenoxy) is 1. The molecule has 160 valence electrons. The minimum atomic E-state index is -0.746. The number of nitrogens with zero attached hydrogens (tertiary/aromatic N) is 2. The molecule has 0 fully saturated rings. The van der Waals surface area contributed by atoms with Crippen LogP contribution in [-0.4, -0.2) is 48.1 Å². The third kappa shape index (κ3) is 5.68. The van der Waals surface area contributed by atoms with Gasteiger partial charge in [0.2, 0.25) is 5.91 Å². The van der Waals surface area contributed by atoms with E-state index in [-0.39, 0.29) is 0 Å². The number of aliphatic hydroxyl groups is 1. The Morgan fingerprint density at radius 2 is 2.00 bits per heavy atom. The van der Waals surface area contributed by atoms with Gasteiger partial charge in [-0.15, -0.1) is 0 Å². The van der Waals surface area contributed by atoms with Crippen molar-refractivity contribution in [3.05, 3.63) is 65.2 Å². The zero-order chi connectivity index (χ0) is 21.5. The lowest BCUT2D eigenvalue weighted by Crippen LogP contribution is -2.28. The number of rotatable bonds is 9. The van der Waals surface area contributed by atoms with E-state index >= 15 is 0 Å². The lowest BCUT2D eigenvalue weighted by molar-refractivity contribution is -0.121. The van der Waals surface area contributed by atoms with Gasteiger partial charge in [0.1, 0.15) is 5.84 Å². The smallest absolute Gasteiger partial charge is 0.227 e. The van der Waals surface area contributed by atoms with E-state index in [1.165, 1.54) is 5.56 Å². The van der Waals surface area contributed by atoms with Gasteiger partial charge in [-0.25, -0.2) is 4.99 Å². The highest BCUT2D eigenvalue weighted by Gasteiger charge is 2.35. The molecular formula is C24H31N3O3. The first-order valence-electron chi connectivity index (χ1n) is 10.4. The molecular weight excluding hydrogens is 378 g/mol. The van der Waals surface area contributed by atoms with Crippen LogP contribution >= 0.6 is 0 Å². The minimum absolute atomic E-state index is 0.457. The number of unbranched alkanes of at least 4 members (excludes halogenated alkanes) is 1. The number of amidine groups is 1. The molecule has 3 rings (SSSR count). The summed E-state index contributed by atoms with van der Waals surface area (Å²) < 4.78 is 5.73. The van der Waals surface area contributed by atoms with E-state index in [1.807, 2.05) is 50.4 Å². The number of carbonyl (C=O) groups excluding carboxylic acids is 1. The number of nitrogens with two attached hydrogens (primary N) is 1. The predicted octanol–water partition coefficient (Wildman–Crippen LogP) is 3.15. The molecule has 0 aliphatic heterocycles. The van der Waals surface area contributed by atoms with Crippen LogP contribution < -0.4 is 5.73 Å². The fraction of sp³-hybridized carbons (Fsp3) is 0.417. The summed E-state index contributed by atoms with van der Waals surface area (Å²) in [6.07, 6.45) is 1.71. The highest BCUT2D eigenvalue weighted by molar-refractivity contribution is 5.85. The number of aliphatic imine (C=N–C) groups is 1. The first-order chi connectivity index (χ1) is 14.5. The van der Waals surface area contributed by atoms with E-state index in [4.69, 9.17) is 10.5 Å². The van der Waals surface area contributed by atoms with Gasteiger partial charge in [0.15, 0.2) is 0 Å². The molecule has 2 atom stereocenters. The van der Waals surface area contributed by atoms with E-state index < -0.39 is 17.9 Å². The van der Waals surface area contributed by atoms with E-state index in [1.54, 1.807) is 0 Å². The van der Waals surface area contributed by atoms with Gasteiger partial charge in [-0.2, -0.15) is 0 Å². The summed E-state index contributed by atoms with van der Waals surface area (Å²) in [4.78, 5) is 18.5. The molecule has 1 aliphatic carbocycles. The van der Waals surface area contributed by atoms with Crippen LogP contribution in [0.25, 0.3) is 0 Å². The third-order valence-electron chi connectivity index (χ3n) is 5.57. The maximum atomic E-state index is 11.7. The van der Waals surface area contributed by atoms with Crippen LogP contribution in [0.1, 0.15) is 42.4 Å². The van der Waals surface area contributed by atoms with Crippen LogP contribution in [0.3, 0.4) is 0 Å². The standard InChI is InChI=1S/C24H31N3O3/c1-17(27(2)12-6-7-13-30-16-18-8-4-3-5-9-18)26-20-11-10-19-14-22(28)23(24(25)29)21(19)15-20/h3-5,8-11,15,22-23,28H,6-7,12-14,16H2,1-2H3,(H2,25,29)/t22-,23-/m1/s1. The molecule has 0 aromatic heterocycles. The topological polar surface area (TPSA) is 88.1 Å². The highest BCUT2D eigenvalue weighted by Crippen LogP contribution is 2.35. The fourth-order valence-electron chi connectivity index (χ4n) is 3.77. The van der Waals surface area contributed by atoms with Crippen molar-refractivity contribution >= 4 is 17.4 Å². The molecule has 0 saturated carbocycles. The van der Waals surface area contributed by atoms with Crippen LogP contribution in [0.5, 0.6) is 0 Å². The molecule has 0 heterocycles. The van der Waals surface area contributed by atoms with Crippen molar-refractivity contribution in [1.82, 2.24) is 4.90 Å². The van der Waals surface area contributed by atoms with E-state index in [0.29, 0.717) is 13.0 Å². The summed E-state index contributed by atoms with van der Waals surface area (Å²) in [6.45, 7) is 4.24. The Labute approximate surface area is 178 Å². The number of aliphatic hydroxyl groups excluding tert-OH is 1. The molecule has 6 nitrogen and oxygen atoms in total. The summed E-state index contributed by atoms with van der Waals surface area (Å²) in [5.74, 6) is -0.246. The lowest BCUT2D eigenvalue weighted by atomic mass is 9.99. The molecule has 2 aromatic rings.